The lowest BCUT2D eigenvalue weighted by molar-refractivity contribution is -0.122. The number of methoxy groups -OCH3 is 1. The standard InChI is InChI=1S/C22H21BrN2O5S/c1-4-25-20(26)18(12-13-10-16(23)19(30-5-2)17(11-13)29-3)31-22(25)24-15-8-6-14(7-9-15)21(27)28/h6-12H,4-5H2,1-3H3,(H,27,28)/b18-12+,24-22?. The van der Waals surface area contributed by atoms with Crippen LogP contribution in [-0.2, 0) is 4.79 Å². The molecule has 0 spiro atoms. The number of likely N-dealkylation sites (N-methyl/N-ethyl adjacent to an activating group) is 1. The topological polar surface area (TPSA) is 88.4 Å². The number of hydrogen-bond acceptors (Lipinski definition) is 6. The molecule has 31 heavy (non-hydrogen) atoms. The second kappa shape index (κ2) is 10.0. The van der Waals surface area contributed by atoms with Gasteiger partial charge in [0.1, 0.15) is 0 Å². The zero-order valence-corrected chi connectivity index (χ0v) is 19.6. The molecule has 0 saturated carbocycles. The molecular formula is C22H21BrN2O5S. The van der Waals surface area contributed by atoms with Gasteiger partial charge in [0.15, 0.2) is 16.7 Å². The van der Waals surface area contributed by atoms with E-state index in [4.69, 9.17) is 14.6 Å². The molecule has 1 N–H and O–H groups in total. The number of amidine groups is 1. The number of amides is 1. The predicted octanol–water partition coefficient (Wildman–Crippen LogP) is 5.18. The summed E-state index contributed by atoms with van der Waals surface area (Å²) in [6, 6.07) is 9.88. The number of carboxylic acids is 1. The van der Waals surface area contributed by atoms with E-state index >= 15 is 0 Å². The first kappa shape index (κ1) is 22.9. The van der Waals surface area contributed by atoms with E-state index in [-0.39, 0.29) is 11.5 Å². The molecule has 1 amide bonds. The normalized spacial score (nSPS) is 16.3. The van der Waals surface area contributed by atoms with Crippen LogP contribution in [0.5, 0.6) is 11.5 Å². The van der Waals surface area contributed by atoms with E-state index in [0.717, 1.165) is 10.0 Å². The van der Waals surface area contributed by atoms with Crippen LogP contribution < -0.4 is 9.47 Å². The zero-order valence-electron chi connectivity index (χ0n) is 17.2. The van der Waals surface area contributed by atoms with Crippen LogP contribution in [0.15, 0.2) is 50.8 Å². The number of carbonyl (C=O) groups excluding carboxylic acids is 1. The Labute approximate surface area is 192 Å². The van der Waals surface area contributed by atoms with Crippen molar-refractivity contribution in [2.75, 3.05) is 20.3 Å². The van der Waals surface area contributed by atoms with Gasteiger partial charge in [-0.2, -0.15) is 0 Å². The summed E-state index contributed by atoms with van der Waals surface area (Å²) < 4.78 is 11.8. The average Bonchev–Trinajstić information content (AvgIpc) is 3.04. The van der Waals surface area contributed by atoms with E-state index < -0.39 is 5.97 Å². The van der Waals surface area contributed by atoms with Crippen LogP contribution in [0.3, 0.4) is 0 Å². The Morgan fingerprint density at radius 3 is 2.55 bits per heavy atom. The van der Waals surface area contributed by atoms with Gasteiger partial charge in [-0.05, 0) is 89.6 Å². The Bertz CT molecular complexity index is 1070. The van der Waals surface area contributed by atoms with Crippen molar-refractivity contribution >= 4 is 56.5 Å². The highest BCUT2D eigenvalue weighted by molar-refractivity contribution is 9.10. The number of aliphatic imine (C=N–C) groups is 1. The van der Waals surface area contributed by atoms with Gasteiger partial charge in [0.2, 0.25) is 0 Å². The number of benzene rings is 2. The van der Waals surface area contributed by atoms with Crippen molar-refractivity contribution in [2.45, 2.75) is 13.8 Å². The third-order valence-electron chi connectivity index (χ3n) is 4.38. The van der Waals surface area contributed by atoms with E-state index in [9.17, 15) is 9.59 Å². The minimum Gasteiger partial charge on any atom is -0.493 e. The van der Waals surface area contributed by atoms with Gasteiger partial charge in [-0.15, -0.1) is 0 Å². The number of carbonyl (C=O) groups is 2. The van der Waals surface area contributed by atoms with Gasteiger partial charge in [0.05, 0.1) is 34.3 Å². The lowest BCUT2D eigenvalue weighted by Crippen LogP contribution is -2.28. The Morgan fingerprint density at radius 1 is 1.26 bits per heavy atom. The van der Waals surface area contributed by atoms with Crippen molar-refractivity contribution in [3.63, 3.8) is 0 Å². The van der Waals surface area contributed by atoms with Gasteiger partial charge >= 0.3 is 5.97 Å². The van der Waals surface area contributed by atoms with Gasteiger partial charge in [-0.1, -0.05) is 0 Å². The van der Waals surface area contributed by atoms with Crippen LogP contribution in [0.25, 0.3) is 6.08 Å². The molecule has 0 aromatic heterocycles. The molecule has 162 valence electrons. The van der Waals surface area contributed by atoms with E-state index in [1.54, 1.807) is 30.2 Å². The SMILES string of the molecule is CCOc1c(Br)cc(/C=C2/SC(=Nc3ccc(C(=O)O)cc3)N(CC)C2=O)cc1OC. The maximum absolute atomic E-state index is 12.9. The summed E-state index contributed by atoms with van der Waals surface area (Å²) in [6.07, 6.45) is 1.79. The molecule has 0 atom stereocenters. The molecule has 1 fully saturated rings. The van der Waals surface area contributed by atoms with Gasteiger partial charge in [0, 0.05) is 6.54 Å². The summed E-state index contributed by atoms with van der Waals surface area (Å²) >= 11 is 4.77. The lowest BCUT2D eigenvalue weighted by atomic mass is 10.2. The first-order valence-corrected chi connectivity index (χ1v) is 11.1. The first-order valence-electron chi connectivity index (χ1n) is 9.51. The number of rotatable bonds is 7. The van der Waals surface area contributed by atoms with Gasteiger partial charge in [0.25, 0.3) is 5.91 Å². The predicted molar refractivity (Wildman–Crippen MR) is 125 cm³/mol. The summed E-state index contributed by atoms with van der Waals surface area (Å²) in [5.41, 5.74) is 1.54. The Kier molecular flexibility index (Phi) is 7.40. The lowest BCUT2D eigenvalue weighted by Gasteiger charge is -2.12. The van der Waals surface area contributed by atoms with Gasteiger partial charge in [-0.25, -0.2) is 9.79 Å². The average molecular weight is 505 g/mol. The van der Waals surface area contributed by atoms with Crippen molar-refractivity contribution in [1.29, 1.82) is 0 Å². The zero-order chi connectivity index (χ0) is 22.5. The fourth-order valence-corrected chi connectivity index (χ4v) is 4.55. The largest absolute Gasteiger partial charge is 0.493 e. The number of hydrogen-bond donors (Lipinski definition) is 1. The molecule has 0 aliphatic carbocycles. The molecule has 1 saturated heterocycles. The van der Waals surface area contributed by atoms with Gasteiger partial charge < -0.3 is 14.6 Å². The summed E-state index contributed by atoms with van der Waals surface area (Å²) in [5, 5.41) is 9.57. The molecule has 2 aromatic rings. The molecular weight excluding hydrogens is 484 g/mol. The fraction of sp³-hybridized carbons (Fsp3) is 0.227. The molecule has 1 aliphatic rings. The maximum atomic E-state index is 12.9. The van der Waals surface area contributed by atoms with Crippen LogP contribution in [0.2, 0.25) is 0 Å². The third kappa shape index (κ3) is 5.11. The highest BCUT2D eigenvalue weighted by Crippen LogP contribution is 2.39. The summed E-state index contributed by atoms with van der Waals surface area (Å²) in [6.45, 7) is 4.74. The summed E-state index contributed by atoms with van der Waals surface area (Å²) in [5.74, 6) is 0.0393. The summed E-state index contributed by atoms with van der Waals surface area (Å²) in [7, 11) is 1.57. The second-order valence-electron chi connectivity index (χ2n) is 6.37. The number of ether oxygens (including phenoxy) is 2. The Morgan fingerprint density at radius 2 is 1.97 bits per heavy atom. The van der Waals surface area contributed by atoms with E-state index in [1.807, 2.05) is 26.0 Å². The molecule has 0 unspecified atom stereocenters. The quantitative estimate of drug-likeness (QED) is 0.522. The fourth-order valence-electron chi connectivity index (χ4n) is 2.92. The minimum absolute atomic E-state index is 0.141. The number of nitrogens with zero attached hydrogens (tertiary/aromatic N) is 2. The number of carboxylic acid groups (broad SMARTS) is 1. The monoisotopic (exact) mass is 504 g/mol. The van der Waals surface area contributed by atoms with E-state index in [0.29, 0.717) is 40.4 Å². The third-order valence-corrected chi connectivity index (χ3v) is 5.98. The Balaban J connectivity index is 1.93. The molecule has 7 nitrogen and oxygen atoms in total. The van der Waals surface area contributed by atoms with Crippen LogP contribution in [0.1, 0.15) is 29.8 Å². The van der Waals surface area contributed by atoms with E-state index in [1.165, 1.54) is 23.9 Å². The van der Waals surface area contributed by atoms with Crippen LogP contribution in [0.4, 0.5) is 5.69 Å². The minimum atomic E-state index is -0.998. The molecule has 2 aromatic carbocycles. The van der Waals surface area contributed by atoms with Gasteiger partial charge in [-0.3, -0.25) is 9.69 Å². The van der Waals surface area contributed by atoms with Crippen LogP contribution >= 0.6 is 27.7 Å². The number of thioether (sulfide) groups is 1. The highest BCUT2D eigenvalue weighted by Gasteiger charge is 2.32. The second-order valence-corrected chi connectivity index (χ2v) is 8.24. The number of aromatic carboxylic acids is 1. The van der Waals surface area contributed by atoms with Crippen molar-refractivity contribution in [1.82, 2.24) is 4.90 Å². The molecule has 9 heteroatoms. The maximum Gasteiger partial charge on any atom is 0.335 e. The molecule has 3 rings (SSSR count). The molecule has 0 bridgehead atoms. The Hall–Kier alpha value is -2.78. The molecule has 1 aliphatic heterocycles. The molecule has 1 heterocycles. The van der Waals surface area contributed by atoms with Crippen molar-refractivity contribution in [2.24, 2.45) is 4.99 Å². The smallest absolute Gasteiger partial charge is 0.335 e. The van der Waals surface area contributed by atoms with Crippen LogP contribution in [0, 0.1) is 0 Å². The van der Waals surface area contributed by atoms with Crippen molar-refractivity contribution < 1.29 is 24.2 Å². The first-order chi connectivity index (χ1) is 14.9. The van der Waals surface area contributed by atoms with Crippen LogP contribution in [-0.4, -0.2) is 47.3 Å². The highest BCUT2D eigenvalue weighted by atomic mass is 79.9. The van der Waals surface area contributed by atoms with Crippen molar-refractivity contribution in [3.8, 4) is 11.5 Å². The molecule has 0 radical (unpaired) electrons. The van der Waals surface area contributed by atoms with E-state index in [2.05, 4.69) is 20.9 Å². The number of halogens is 1. The van der Waals surface area contributed by atoms with Crippen molar-refractivity contribution in [3.05, 3.63) is 56.9 Å². The summed E-state index contributed by atoms with van der Waals surface area (Å²) in [4.78, 5) is 30.6.